The summed E-state index contributed by atoms with van der Waals surface area (Å²) in [6, 6.07) is 0. The Morgan fingerprint density at radius 3 is 2.50 bits per heavy atom. The SMILES string of the molecule is CC(C)COB(O)CCCCC(N)(CO)C(=O)O. The second kappa shape index (κ2) is 8.47. The molecule has 0 aliphatic rings. The summed E-state index contributed by atoms with van der Waals surface area (Å²) in [5.41, 5.74) is 3.93. The highest BCUT2D eigenvalue weighted by atomic mass is 16.5. The summed E-state index contributed by atoms with van der Waals surface area (Å²) in [6.45, 7) is 3.88. The van der Waals surface area contributed by atoms with E-state index >= 15 is 0 Å². The van der Waals surface area contributed by atoms with Crippen LogP contribution in [0.4, 0.5) is 0 Å². The molecule has 0 aliphatic carbocycles. The van der Waals surface area contributed by atoms with Crippen LogP contribution in [0.25, 0.3) is 0 Å². The van der Waals surface area contributed by atoms with Crippen molar-refractivity contribution in [3.05, 3.63) is 0 Å². The third-order valence-electron chi connectivity index (χ3n) is 2.65. The van der Waals surface area contributed by atoms with E-state index in [0.29, 0.717) is 31.7 Å². The monoisotopic (exact) mass is 261 g/mol. The Morgan fingerprint density at radius 2 is 2.06 bits per heavy atom. The van der Waals surface area contributed by atoms with Crippen molar-refractivity contribution in [1.29, 1.82) is 0 Å². The van der Waals surface area contributed by atoms with Gasteiger partial charge in [-0.25, -0.2) is 0 Å². The molecule has 0 fully saturated rings. The topological polar surface area (TPSA) is 113 Å². The van der Waals surface area contributed by atoms with Gasteiger partial charge in [0.15, 0.2) is 0 Å². The molecule has 18 heavy (non-hydrogen) atoms. The summed E-state index contributed by atoms with van der Waals surface area (Å²) in [5.74, 6) is -0.848. The average molecular weight is 261 g/mol. The van der Waals surface area contributed by atoms with Crippen LogP contribution < -0.4 is 5.73 Å². The highest BCUT2D eigenvalue weighted by Gasteiger charge is 2.32. The summed E-state index contributed by atoms with van der Waals surface area (Å²) < 4.78 is 5.17. The molecular formula is C11H24BNO5. The number of rotatable bonds is 10. The fraction of sp³-hybridized carbons (Fsp3) is 0.909. The number of carbonyl (C=O) groups is 1. The second-order valence-electron chi connectivity index (χ2n) is 5.05. The van der Waals surface area contributed by atoms with E-state index in [0.717, 1.165) is 0 Å². The normalized spacial score (nSPS) is 14.6. The fourth-order valence-corrected chi connectivity index (χ4v) is 1.40. The summed E-state index contributed by atoms with van der Waals surface area (Å²) >= 11 is 0. The maximum Gasteiger partial charge on any atom is 0.454 e. The van der Waals surface area contributed by atoms with E-state index in [4.69, 9.17) is 20.6 Å². The molecule has 0 saturated heterocycles. The average Bonchev–Trinajstić information content (AvgIpc) is 2.31. The van der Waals surface area contributed by atoms with Crippen LogP contribution in [-0.2, 0) is 9.45 Å². The summed E-state index contributed by atoms with van der Waals surface area (Å²) in [6.07, 6.45) is 1.74. The van der Waals surface area contributed by atoms with Gasteiger partial charge in [0, 0.05) is 6.61 Å². The van der Waals surface area contributed by atoms with E-state index in [1.807, 2.05) is 13.8 Å². The Balaban J connectivity index is 3.75. The molecule has 7 heteroatoms. The zero-order valence-corrected chi connectivity index (χ0v) is 11.1. The number of unbranched alkanes of at least 4 members (excludes halogenated alkanes) is 1. The molecular weight excluding hydrogens is 237 g/mol. The zero-order valence-electron chi connectivity index (χ0n) is 11.1. The number of aliphatic hydroxyl groups is 1. The Labute approximate surface area is 108 Å². The van der Waals surface area contributed by atoms with Gasteiger partial charge in [-0.2, -0.15) is 0 Å². The molecule has 0 aromatic rings. The Bertz CT molecular complexity index is 252. The molecule has 5 N–H and O–H groups in total. The van der Waals surface area contributed by atoms with Crippen LogP contribution in [0.3, 0.4) is 0 Å². The highest BCUT2D eigenvalue weighted by molar-refractivity contribution is 6.42. The number of aliphatic carboxylic acids is 1. The van der Waals surface area contributed by atoms with Gasteiger partial charge in [-0.05, 0) is 18.7 Å². The van der Waals surface area contributed by atoms with Gasteiger partial charge in [0.25, 0.3) is 0 Å². The predicted molar refractivity (Wildman–Crippen MR) is 69.1 cm³/mol. The predicted octanol–water partition coefficient (Wildman–Crippen LogP) is 0.0842. The van der Waals surface area contributed by atoms with Gasteiger partial charge in [-0.1, -0.05) is 26.7 Å². The molecule has 1 unspecified atom stereocenters. The van der Waals surface area contributed by atoms with Gasteiger partial charge >= 0.3 is 13.1 Å². The quantitative estimate of drug-likeness (QED) is 0.327. The summed E-state index contributed by atoms with van der Waals surface area (Å²) in [4.78, 5) is 10.8. The van der Waals surface area contributed by atoms with Crippen molar-refractivity contribution >= 4 is 13.1 Å². The summed E-state index contributed by atoms with van der Waals surface area (Å²) in [5, 5.41) is 27.2. The first kappa shape index (κ1) is 17.4. The molecule has 0 aromatic carbocycles. The van der Waals surface area contributed by atoms with Crippen molar-refractivity contribution in [1.82, 2.24) is 0 Å². The van der Waals surface area contributed by atoms with Crippen LogP contribution in [0.15, 0.2) is 0 Å². The lowest BCUT2D eigenvalue weighted by Crippen LogP contribution is -2.51. The van der Waals surface area contributed by atoms with Gasteiger partial charge in [0.05, 0.1) is 6.61 Å². The van der Waals surface area contributed by atoms with E-state index in [2.05, 4.69) is 0 Å². The molecule has 0 saturated carbocycles. The Morgan fingerprint density at radius 1 is 1.44 bits per heavy atom. The van der Waals surface area contributed by atoms with E-state index < -0.39 is 25.2 Å². The van der Waals surface area contributed by atoms with Crippen LogP contribution in [0.5, 0.6) is 0 Å². The lowest BCUT2D eigenvalue weighted by Gasteiger charge is -2.21. The molecule has 0 aromatic heterocycles. The van der Waals surface area contributed by atoms with E-state index in [-0.39, 0.29) is 6.42 Å². The van der Waals surface area contributed by atoms with Gasteiger partial charge in [-0.15, -0.1) is 0 Å². The summed E-state index contributed by atoms with van der Waals surface area (Å²) in [7, 11) is -0.821. The molecule has 106 valence electrons. The first-order valence-electron chi connectivity index (χ1n) is 6.24. The number of nitrogens with two attached hydrogens (primary N) is 1. The molecule has 0 amide bonds. The third-order valence-corrected chi connectivity index (χ3v) is 2.65. The number of carboxylic acid groups (broad SMARTS) is 1. The molecule has 0 spiro atoms. The number of hydrogen-bond acceptors (Lipinski definition) is 5. The minimum Gasteiger partial charge on any atom is -0.480 e. The van der Waals surface area contributed by atoms with Crippen molar-refractivity contribution in [2.24, 2.45) is 11.7 Å². The molecule has 0 bridgehead atoms. The lowest BCUT2D eigenvalue weighted by atomic mass is 9.81. The first-order valence-corrected chi connectivity index (χ1v) is 6.24. The van der Waals surface area contributed by atoms with Crippen LogP contribution in [0, 0.1) is 5.92 Å². The number of carboxylic acids is 1. The highest BCUT2D eigenvalue weighted by Crippen LogP contribution is 2.13. The Kier molecular flexibility index (Phi) is 8.18. The second-order valence-corrected chi connectivity index (χ2v) is 5.05. The van der Waals surface area contributed by atoms with E-state index in [1.165, 1.54) is 0 Å². The van der Waals surface area contributed by atoms with Crippen molar-refractivity contribution in [3.63, 3.8) is 0 Å². The van der Waals surface area contributed by atoms with E-state index in [9.17, 15) is 9.82 Å². The van der Waals surface area contributed by atoms with Gasteiger partial charge in [0.2, 0.25) is 0 Å². The third kappa shape index (κ3) is 6.95. The number of aliphatic hydroxyl groups excluding tert-OH is 1. The van der Waals surface area contributed by atoms with Crippen LogP contribution in [0.2, 0.25) is 6.32 Å². The van der Waals surface area contributed by atoms with Gasteiger partial charge < -0.3 is 25.6 Å². The van der Waals surface area contributed by atoms with Crippen LogP contribution >= 0.6 is 0 Å². The standard InChI is InChI=1S/C11H24BNO5/c1-9(2)7-18-12(17)6-4-3-5-11(13,8-14)10(15)16/h9,14,17H,3-8,13H2,1-2H3,(H,15,16). The minimum absolute atomic E-state index is 0.176. The van der Waals surface area contributed by atoms with Crippen LogP contribution in [0.1, 0.15) is 33.1 Å². The Hall–Kier alpha value is -0.625. The lowest BCUT2D eigenvalue weighted by molar-refractivity contribution is -0.145. The van der Waals surface area contributed by atoms with E-state index in [1.54, 1.807) is 0 Å². The van der Waals surface area contributed by atoms with Crippen molar-refractivity contribution in [2.45, 2.75) is 45.0 Å². The maximum absolute atomic E-state index is 10.8. The van der Waals surface area contributed by atoms with Crippen molar-refractivity contribution in [3.8, 4) is 0 Å². The molecule has 6 nitrogen and oxygen atoms in total. The molecule has 1 atom stereocenters. The molecule has 0 rings (SSSR count). The van der Waals surface area contributed by atoms with Gasteiger partial charge in [0.1, 0.15) is 5.54 Å². The number of hydrogen-bond donors (Lipinski definition) is 4. The van der Waals surface area contributed by atoms with Gasteiger partial charge in [-0.3, -0.25) is 4.79 Å². The first-order chi connectivity index (χ1) is 8.31. The maximum atomic E-state index is 10.8. The zero-order chi connectivity index (χ0) is 14.2. The minimum atomic E-state index is -1.58. The fourth-order valence-electron chi connectivity index (χ4n) is 1.40. The van der Waals surface area contributed by atoms with Crippen LogP contribution in [-0.4, -0.2) is 47.1 Å². The molecule has 0 radical (unpaired) electrons. The largest absolute Gasteiger partial charge is 0.480 e. The van der Waals surface area contributed by atoms with Crippen molar-refractivity contribution < 1.29 is 24.7 Å². The van der Waals surface area contributed by atoms with Crippen molar-refractivity contribution in [2.75, 3.05) is 13.2 Å². The smallest absolute Gasteiger partial charge is 0.454 e. The molecule has 0 aliphatic heterocycles. The molecule has 0 heterocycles.